The van der Waals surface area contributed by atoms with Gasteiger partial charge in [-0.05, 0) is 28.4 Å². The highest BCUT2D eigenvalue weighted by molar-refractivity contribution is 9.10. The molecule has 4 nitrogen and oxygen atoms in total. The molecule has 86 valence electrons. The Labute approximate surface area is 101 Å². The average molecular weight is 287 g/mol. The van der Waals surface area contributed by atoms with E-state index >= 15 is 0 Å². The molecule has 0 fully saturated rings. The van der Waals surface area contributed by atoms with Crippen molar-refractivity contribution in [3.8, 4) is 5.75 Å². The Balaban J connectivity index is 2.54. The van der Waals surface area contributed by atoms with Crippen LogP contribution in [0.4, 0.5) is 0 Å². The standard InChI is InChI=1S/C11H11BrO4/c12-11-8(7-13)3-1-4-9(11)16-6-2-5-10(14)15/h1,3-4,7H,2,5-6H2,(H,14,15). The molecule has 1 aromatic carbocycles. The second-order valence-corrected chi connectivity index (χ2v) is 3.92. The van der Waals surface area contributed by atoms with Gasteiger partial charge >= 0.3 is 5.97 Å². The van der Waals surface area contributed by atoms with Crippen LogP contribution in [-0.2, 0) is 4.79 Å². The number of ether oxygens (including phenoxy) is 1. The van der Waals surface area contributed by atoms with E-state index < -0.39 is 5.97 Å². The first-order chi connectivity index (χ1) is 7.65. The van der Waals surface area contributed by atoms with E-state index in [9.17, 15) is 9.59 Å². The molecule has 0 spiro atoms. The predicted molar refractivity (Wildman–Crippen MR) is 61.9 cm³/mol. The van der Waals surface area contributed by atoms with Crippen molar-refractivity contribution in [2.45, 2.75) is 12.8 Å². The van der Waals surface area contributed by atoms with Gasteiger partial charge in [-0.2, -0.15) is 0 Å². The van der Waals surface area contributed by atoms with Crippen molar-refractivity contribution in [1.82, 2.24) is 0 Å². The van der Waals surface area contributed by atoms with Gasteiger partial charge in [0.1, 0.15) is 5.75 Å². The van der Waals surface area contributed by atoms with E-state index in [0.29, 0.717) is 28.8 Å². The molecule has 0 atom stereocenters. The second kappa shape index (κ2) is 6.27. The van der Waals surface area contributed by atoms with Crippen LogP contribution in [0.1, 0.15) is 23.2 Å². The predicted octanol–water partition coefficient (Wildman–Crippen LogP) is 2.51. The summed E-state index contributed by atoms with van der Waals surface area (Å²) in [4.78, 5) is 20.9. The average Bonchev–Trinajstić information content (AvgIpc) is 2.26. The van der Waals surface area contributed by atoms with Crippen LogP contribution in [0.3, 0.4) is 0 Å². The molecular weight excluding hydrogens is 276 g/mol. The van der Waals surface area contributed by atoms with Crippen molar-refractivity contribution in [3.63, 3.8) is 0 Å². The second-order valence-electron chi connectivity index (χ2n) is 3.12. The number of hydrogen-bond donors (Lipinski definition) is 1. The molecule has 0 aromatic heterocycles. The molecule has 0 unspecified atom stereocenters. The van der Waals surface area contributed by atoms with E-state index in [0.717, 1.165) is 6.29 Å². The molecule has 0 aliphatic heterocycles. The van der Waals surface area contributed by atoms with E-state index in [-0.39, 0.29) is 6.42 Å². The van der Waals surface area contributed by atoms with E-state index in [4.69, 9.17) is 9.84 Å². The van der Waals surface area contributed by atoms with Crippen molar-refractivity contribution >= 4 is 28.2 Å². The lowest BCUT2D eigenvalue weighted by molar-refractivity contribution is -0.137. The summed E-state index contributed by atoms with van der Waals surface area (Å²) in [5, 5.41) is 8.44. The Bertz CT molecular complexity index is 390. The largest absolute Gasteiger partial charge is 0.492 e. The van der Waals surface area contributed by atoms with Gasteiger partial charge < -0.3 is 9.84 Å². The molecule has 0 radical (unpaired) electrons. The molecule has 0 saturated heterocycles. The zero-order valence-electron chi connectivity index (χ0n) is 8.48. The first-order valence-electron chi connectivity index (χ1n) is 4.73. The topological polar surface area (TPSA) is 63.6 Å². The van der Waals surface area contributed by atoms with Crippen molar-refractivity contribution in [2.75, 3.05) is 6.61 Å². The molecule has 0 saturated carbocycles. The fourth-order valence-electron chi connectivity index (χ4n) is 1.14. The molecule has 1 aromatic rings. The summed E-state index contributed by atoms with van der Waals surface area (Å²) < 4.78 is 5.96. The summed E-state index contributed by atoms with van der Waals surface area (Å²) in [6, 6.07) is 5.10. The molecule has 1 N–H and O–H groups in total. The first-order valence-corrected chi connectivity index (χ1v) is 5.52. The normalized spacial score (nSPS) is 9.81. The first kappa shape index (κ1) is 12.7. The molecule has 0 aliphatic carbocycles. The third-order valence-corrected chi connectivity index (χ3v) is 2.76. The molecule has 5 heteroatoms. The monoisotopic (exact) mass is 286 g/mol. The zero-order valence-corrected chi connectivity index (χ0v) is 10.1. The number of carbonyl (C=O) groups excluding carboxylic acids is 1. The molecule has 16 heavy (non-hydrogen) atoms. The van der Waals surface area contributed by atoms with E-state index in [1.54, 1.807) is 18.2 Å². The summed E-state index contributed by atoms with van der Waals surface area (Å²) in [6.07, 6.45) is 1.24. The minimum Gasteiger partial charge on any atom is -0.492 e. The van der Waals surface area contributed by atoms with Crippen molar-refractivity contribution in [2.24, 2.45) is 0 Å². The summed E-state index contributed by atoms with van der Waals surface area (Å²) in [6.45, 7) is 0.313. The smallest absolute Gasteiger partial charge is 0.303 e. The van der Waals surface area contributed by atoms with Gasteiger partial charge in [0.25, 0.3) is 0 Å². The Morgan fingerprint density at radius 3 is 2.88 bits per heavy atom. The molecular formula is C11H11BrO4. The van der Waals surface area contributed by atoms with Gasteiger partial charge in [0.15, 0.2) is 6.29 Å². The Kier molecular flexibility index (Phi) is 4.98. The van der Waals surface area contributed by atoms with Crippen LogP contribution in [0.2, 0.25) is 0 Å². The molecule has 0 amide bonds. The van der Waals surface area contributed by atoms with Crippen LogP contribution in [-0.4, -0.2) is 24.0 Å². The highest BCUT2D eigenvalue weighted by Gasteiger charge is 2.05. The van der Waals surface area contributed by atoms with Gasteiger partial charge in [0, 0.05) is 12.0 Å². The number of rotatable bonds is 6. The van der Waals surface area contributed by atoms with Crippen LogP contribution in [0.25, 0.3) is 0 Å². The summed E-state index contributed by atoms with van der Waals surface area (Å²) in [7, 11) is 0. The fraction of sp³-hybridized carbons (Fsp3) is 0.273. The summed E-state index contributed by atoms with van der Waals surface area (Å²) in [5.41, 5.74) is 0.510. The highest BCUT2D eigenvalue weighted by atomic mass is 79.9. The minimum absolute atomic E-state index is 0.0744. The van der Waals surface area contributed by atoms with E-state index in [1.807, 2.05) is 0 Å². The third-order valence-electron chi connectivity index (χ3n) is 1.91. The number of aldehydes is 1. The van der Waals surface area contributed by atoms with Gasteiger partial charge in [-0.1, -0.05) is 12.1 Å². The SMILES string of the molecule is O=Cc1cccc(OCCCC(=O)O)c1Br. The van der Waals surface area contributed by atoms with Crippen molar-refractivity contribution in [3.05, 3.63) is 28.2 Å². The maximum Gasteiger partial charge on any atom is 0.303 e. The quantitative estimate of drug-likeness (QED) is 0.645. The van der Waals surface area contributed by atoms with Gasteiger partial charge in [0.05, 0.1) is 11.1 Å². The molecule has 0 heterocycles. The van der Waals surface area contributed by atoms with Crippen LogP contribution in [0, 0.1) is 0 Å². The Morgan fingerprint density at radius 1 is 1.50 bits per heavy atom. The lowest BCUT2D eigenvalue weighted by Gasteiger charge is -2.08. The summed E-state index contributed by atoms with van der Waals surface area (Å²) >= 11 is 3.25. The van der Waals surface area contributed by atoms with Gasteiger partial charge in [-0.25, -0.2) is 0 Å². The maximum absolute atomic E-state index is 10.6. The van der Waals surface area contributed by atoms with Crippen LogP contribution >= 0.6 is 15.9 Å². The number of carboxylic acids is 1. The van der Waals surface area contributed by atoms with Crippen LogP contribution in [0.5, 0.6) is 5.75 Å². The van der Waals surface area contributed by atoms with Crippen molar-refractivity contribution in [1.29, 1.82) is 0 Å². The Morgan fingerprint density at radius 2 is 2.25 bits per heavy atom. The number of benzene rings is 1. The summed E-state index contributed by atoms with van der Waals surface area (Å²) in [5.74, 6) is -0.292. The number of hydrogen-bond acceptors (Lipinski definition) is 3. The lowest BCUT2D eigenvalue weighted by atomic mass is 10.2. The van der Waals surface area contributed by atoms with Crippen molar-refractivity contribution < 1.29 is 19.4 Å². The minimum atomic E-state index is -0.843. The fourth-order valence-corrected chi connectivity index (χ4v) is 1.61. The molecule has 0 aliphatic rings. The zero-order chi connectivity index (χ0) is 12.0. The highest BCUT2D eigenvalue weighted by Crippen LogP contribution is 2.27. The number of carbonyl (C=O) groups is 2. The molecule has 1 rings (SSSR count). The third kappa shape index (κ3) is 3.66. The van der Waals surface area contributed by atoms with E-state index in [1.165, 1.54) is 0 Å². The van der Waals surface area contributed by atoms with Gasteiger partial charge in [0.2, 0.25) is 0 Å². The van der Waals surface area contributed by atoms with Crippen LogP contribution < -0.4 is 4.74 Å². The number of aliphatic carboxylic acids is 1. The number of halogens is 1. The lowest BCUT2D eigenvalue weighted by Crippen LogP contribution is -2.02. The molecule has 0 bridgehead atoms. The van der Waals surface area contributed by atoms with E-state index in [2.05, 4.69) is 15.9 Å². The maximum atomic E-state index is 10.6. The van der Waals surface area contributed by atoms with Gasteiger partial charge in [-0.3, -0.25) is 9.59 Å². The Hall–Kier alpha value is -1.36. The van der Waals surface area contributed by atoms with Gasteiger partial charge in [-0.15, -0.1) is 0 Å². The number of carboxylic acid groups (broad SMARTS) is 1. The van der Waals surface area contributed by atoms with Crippen LogP contribution in [0.15, 0.2) is 22.7 Å².